The molecular weight excluding hydrogens is 176 g/mol. The van der Waals surface area contributed by atoms with Crippen LogP contribution in [0.5, 0.6) is 0 Å². The van der Waals surface area contributed by atoms with Gasteiger partial charge in [0.1, 0.15) is 0 Å². The van der Waals surface area contributed by atoms with E-state index >= 15 is 0 Å². The Morgan fingerprint density at radius 1 is 1.57 bits per heavy atom. The fourth-order valence-electron chi connectivity index (χ4n) is 2.48. The Morgan fingerprint density at radius 2 is 2.36 bits per heavy atom. The van der Waals surface area contributed by atoms with Gasteiger partial charge in [-0.05, 0) is 31.7 Å². The van der Waals surface area contributed by atoms with E-state index in [0.29, 0.717) is 11.8 Å². The van der Waals surface area contributed by atoms with Crippen LogP contribution in [0, 0.1) is 5.92 Å². The number of nitrogens with zero attached hydrogens (tertiary/aromatic N) is 2. The molecule has 0 amide bonds. The van der Waals surface area contributed by atoms with Gasteiger partial charge in [-0.2, -0.15) is 5.10 Å². The third-order valence-electron chi connectivity index (χ3n) is 3.44. The number of aliphatic hydroxyl groups excluding tert-OH is 1. The number of rotatable bonds is 2. The van der Waals surface area contributed by atoms with Crippen molar-refractivity contribution in [3.63, 3.8) is 0 Å². The average Bonchev–Trinajstić information content (AvgIpc) is 2.75. The first kappa shape index (κ1) is 9.71. The molecule has 3 heteroatoms. The maximum Gasteiger partial charge on any atom is 0.0572 e. The highest BCUT2D eigenvalue weighted by Gasteiger charge is 2.33. The summed E-state index contributed by atoms with van der Waals surface area (Å²) >= 11 is 0. The Labute approximate surface area is 84.7 Å². The van der Waals surface area contributed by atoms with Crippen molar-refractivity contribution in [2.24, 2.45) is 5.92 Å². The zero-order valence-electron chi connectivity index (χ0n) is 8.85. The molecule has 0 radical (unpaired) electrons. The standard InChI is InChI=1S/C11H18N2O/c1-3-13-10(6-7-12-13)9-4-5-11(14)8(9)2/h6-9,11,14H,3-5H2,1-2H3. The summed E-state index contributed by atoms with van der Waals surface area (Å²) in [6.07, 6.45) is 3.76. The highest BCUT2D eigenvalue weighted by molar-refractivity contribution is 5.12. The molecule has 1 fully saturated rings. The van der Waals surface area contributed by atoms with Crippen molar-refractivity contribution in [2.45, 2.75) is 45.3 Å². The van der Waals surface area contributed by atoms with Crippen LogP contribution in [-0.4, -0.2) is 21.0 Å². The summed E-state index contributed by atoms with van der Waals surface area (Å²) in [5, 5.41) is 14.0. The van der Waals surface area contributed by atoms with Gasteiger partial charge in [0.05, 0.1) is 6.10 Å². The minimum atomic E-state index is -0.125. The highest BCUT2D eigenvalue weighted by atomic mass is 16.3. The quantitative estimate of drug-likeness (QED) is 0.779. The first-order chi connectivity index (χ1) is 6.74. The van der Waals surface area contributed by atoms with E-state index in [4.69, 9.17) is 0 Å². The monoisotopic (exact) mass is 194 g/mol. The van der Waals surface area contributed by atoms with Gasteiger partial charge in [0, 0.05) is 24.4 Å². The Kier molecular flexibility index (Phi) is 2.59. The molecule has 2 rings (SSSR count). The van der Waals surface area contributed by atoms with E-state index in [-0.39, 0.29) is 6.10 Å². The number of aromatic nitrogens is 2. The molecular formula is C11H18N2O. The van der Waals surface area contributed by atoms with E-state index in [1.807, 2.05) is 10.9 Å². The van der Waals surface area contributed by atoms with Crippen molar-refractivity contribution in [1.29, 1.82) is 0 Å². The normalized spacial score (nSPS) is 32.4. The largest absolute Gasteiger partial charge is 0.393 e. The average molecular weight is 194 g/mol. The van der Waals surface area contributed by atoms with Crippen LogP contribution in [-0.2, 0) is 6.54 Å². The van der Waals surface area contributed by atoms with E-state index in [1.54, 1.807) is 0 Å². The van der Waals surface area contributed by atoms with Crippen LogP contribution in [0.3, 0.4) is 0 Å². The Balaban J connectivity index is 2.23. The minimum absolute atomic E-state index is 0.125. The highest BCUT2D eigenvalue weighted by Crippen LogP contribution is 2.39. The third kappa shape index (κ3) is 1.46. The topological polar surface area (TPSA) is 38.0 Å². The molecule has 0 aliphatic heterocycles. The molecule has 0 aromatic carbocycles. The second kappa shape index (κ2) is 3.73. The van der Waals surface area contributed by atoms with Crippen molar-refractivity contribution in [2.75, 3.05) is 0 Å². The molecule has 1 heterocycles. The molecule has 1 aromatic heterocycles. The third-order valence-corrected chi connectivity index (χ3v) is 3.44. The maximum absolute atomic E-state index is 9.70. The first-order valence-electron chi connectivity index (χ1n) is 5.43. The van der Waals surface area contributed by atoms with E-state index in [9.17, 15) is 5.11 Å². The Morgan fingerprint density at radius 3 is 2.93 bits per heavy atom. The zero-order valence-corrected chi connectivity index (χ0v) is 8.85. The summed E-state index contributed by atoms with van der Waals surface area (Å²) in [6, 6.07) is 2.09. The second-order valence-corrected chi connectivity index (χ2v) is 4.18. The summed E-state index contributed by atoms with van der Waals surface area (Å²) in [4.78, 5) is 0. The predicted molar refractivity (Wildman–Crippen MR) is 55.0 cm³/mol. The molecule has 3 nitrogen and oxygen atoms in total. The van der Waals surface area contributed by atoms with Crippen molar-refractivity contribution >= 4 is 0 Å². The first-order valence-corrected chi connectivity index (χ1v) is 5.43. The fraction of sp³-hybridized carbons (Fsp3) is 0.727. The van der Waals surface area contributed by atoms with Crippen LogP contribution >= 0.6 is 0 Å². The van der Waals surface area contributed by atoms with Gasteiger partial charge in [-0.25, -0.2) is 0 Å². The molecule has 0 saturated heterocycles. The van der Waals surface area contributed by atoms with Crippen molar-refractivity contribution in [3.05, 3.63) is 18.0 Å². The lowest BCUT2D eigenvalue weighted by molar-refractivity contribution is 0.136. The molecule has 1 aromatic rings. The van der Waals surface area contributed by atoms with Gasteiger partial charge in [0.25, 0.3) is 0 Å². The molecule has 1 aliphatic carbocycles. The summed E-state index contributed by atoms with van der Waals surface area (Å²) < 4.78 is 2.04. The number of hydrogen-bond acceptors (Lipinski definition) is 2. The van der Waals surface area contributed by atoms with Gasteiger partial charge in [-0.3, -0.25) is 4.68 Å². The molecule has 0 bridgehead atoms. The van der Waals surface area contributed by atoms with Gasteiger partial charge >= 0.3 is 0 Å². The van der Waals surface area contributed by atoms with Crippen LogP contribution < -0.4 is 0 Å². The van der Waals surface area contributed by atoms with Crippen molar-refractivity contribution in [1.82, 2.24) is 9.78 Å². The van der Waals surface area contributed by atoms with E-state index < -0.39 is 0 Å². The SMILES string of the molecule is CCn1nccc1C1CCC(O)C1C. The Hall–Kier alpha value is -0.830. The predicted octanol–water partition coefficient (Wildman–Crippen LogP) is 1.78. The molecule has 14 heavy (non-hydrogen) atoms. The van der Waals surface area contributed by atoms with Gasteiger partial charge < -0.3 is 5.11 Å². The van der Waals surface area contributed by atoms with Gasteiger partial charge in [0.15, 0.2) is 0 Å². The molecule has 3 unspecified atom stereocenters. The van der Waals surface area contributed by atoms with Crippen LogP contribution in [0.1, 0.15) is 38.3 Å². The van der Waals surface area contributed by atoms with Crippen molar-refractivity contribution < 1.29 is 5.11 Å². The lowest BCUT2D eigenvalue weighted by Crippen LogP contribution is -2.16. The molecule has 3 atom stereocenters. The Bertz CT molecular complexity index is 308. The fourth-order valence-corrected chi connectivity index (χ4v) is 2.48. The lowest BCUT2D eigenvalue weighted by Gasteiger charge is -2.18. The van der Waals surface area contributed by atoms with E-state index in [0.717, 1.165) is 19.4 Å². The van der Waals surface area contributed by atoms with Crippen LogP contribution in [0.25, 0.3) is 0 Å². The van der Waals surface area contributed by atoms with E-state index in [1.165, 1.54) is 5.69 Å². The van der Waals surface area contributed by atoms with Crippen molar-refractivity contribution in [3.8, 4) is 0 Å². The second-order valence-electron chi connectivity index (χ2n) is 4.18. The summed E-state index contributed by atoms with van der Waals surface area (Å²) in [7, 11) is 0. The van der Waals surface area contributed by atoms with Crippen LogP contribution in [0.2, 0.25) is 0 Å². The molecule has 78 valence electrons. The number of hydrogen-bond donors (Lipinski definition) is 1. The molecule has 1 N–H and O–H groups in total. The minimum Gasteiger partial charge on any atom is -0.393 e. The summed E-state index contributed by atoms with van der Waals surface area (Å²) in [5.41, 5.74) is 1.29. The zero-order chi connectivity index (χ0) is 10.1. The summed E-state index contributed by atoms with van der Waals surface area (Å²) in [5.74, 6) is 0.865. The van der Waals surface area contributed by atoms with Crippen LogP contribution in [0.15, 0.2) is 12.3 Å². The molecule has 1 aliphatic rings. The van der Waals surface area contributed by atoms with Gasteiger partial charge in [-0.1, -0.05) is 6.92 Å². The van der Waals surface area contributed by atoms with Gasteiger partial charge in [0.2, 0.25) is 0 Å². The van der Waals surface area contributed by atoms with Crippen LogP contribution in [0.4, 0.5) is 0 Å². The maximum atomic E-state index is 9.70. The number of aryl methyl sites for hydroxylation is 1. The lowest BCUT2D eigenvalue weighted by atomic mass is 9.93. The smallest absolute Gasteiger partial charge is 0.0572 e. The molecule has 0 spiro atoms. The van der Waals surface area contributed by atoms with E-state index in [2.05, 4.69) is 25.0 Å². The number of aliphatic hydroxyl groups is 1. The molecule has 1 saturated carbocycles. The summed E-state index contributed by atoms with van der Waals surface area (Å²) in [6.45, 7) is 5.16. The van der Waals surface area contributed by atoms with Gasteiger partial charge in [-0.15, -0.1) is 0 Å².